The molecule has 0 aliphatic carbocycles. The van der Waals surface area contributed by atoms with Crippen molar-refractivity contribution in [3.05, 3.63) is 29.3 Å². The van der Waals surface area contributed by atoms with Gasteiger partial charge in [0, 0.05) is 19.3 Å². The van der Waals surface area contributed by atoms with Gasteiger partial charge in [-0.05, 0) is 48.9 Å². The van der Waals surface area contributed by atoms with Crippen LogP contribution in [-0.2, 0) is 4.74 Å². The quantitative estimate of drug-likeness (QED) is 0.919. The summed E-state index contributed by atoms with van der Waals surface area (Å²) in [5, 5.41) is 0. The molecule has 0 amide bonds. The average molecular weight is 272 g/mol. The Morgan fingerprint density at radius 2 is 2.00 bits per heavy atom. The number of nitrogens with two attached hydrogens (primary N) is 1. The van der Waals surface area contributed by atoms with Crippen LogP contribution in [0.5, 0.6) is 5.75 Å². The summed E-state index contributed by atoms with van der Waals surface area (Å²) in [6.45, 7) is 3.78. The van der Waals surface area contributed by atoms with Gasteiger partial charge in [-0.1, -0.05) is 6.07 Å². The first-order valence-electron chi connectivity index (χ1n) is 6.20. The van der Waals surface area contributed by atoms with Crippen molar-refractivity contribution in [3.8, 4) is 5.75 Å². The summed E-state index contributed by atoms with van der Waals surface area (Å²) in [5.74, 6) is 1.43. The second kappa shape index (κ2) is 6.98. The molecule has 102 valence electrons. The van der Waals surface area contributed by atoms with E-state index < -0.39 is 0 Å². The Hall–Kier alpha value is -0.770. The van der Waals surface area contributed by atoms with Gasteiger partial charge >= 0.3 is 0 Å². The summed E-state index contributed by atoms with van der Waals surface area (Å²) >= 11 is 0. The van der Waals surface area contributed by atoms with Gasteiger partial charge < -0.3 is 15.2 Å². The number of ether oxygens (including phenoxy) is 2. The van der Waals surface area contributed by atoms with Gasteiger partial charge in [-0.2, -0.15) is 0 Å². The lowest BCUT2D eigenvalue weighted by Gasteiger charge is -2.28. The van der Waals surface area contributed by atoms with E-state index in [-0.39, 0.29) is 18.4 Å². The zero-order valence-electron chi connectivity index (χ0n) is 11.0. The van der Waals surface area contributed by atoms with Gasteiger partial charge in [-0.25, -0.2) is 0 Å². The maximum atomic E-state index is 6.37. The summed E-state index contributed by atoms with van der Waals surface area (Å²) in [6.07, 6.45) is 2.12. The maximum absolute atomic E-state index is 6.37. The Kier molecular flexibility index (Phi) is 5.93. The molecular weight excluding hydrogens is 250 g/mol. The van der Waals surface area contributed by atoms with Crippen LogP contribution >= 0.6 is 12.4 Å². The number of aryl methyl sites for hydroxylation is 1. The highest BCUT2D eigenvalue weighted by Gasteiger charge is 2.23. The zero-order valence-corrected chi connectivity index (χ0v) is 11.8. The molecule has 0 saturated carbocycles. The van der Waals surface area contributed by atoms with Crippen molar-refractivity contribution in [2.24, 2.45) is 11.7 Å². The van der Waals surface area contributed by atoms with Gasteiger partial charge in [-0.15, -0.1) is 12.4 Å². The predicted molar refractivity (Wildman–Crippen MR) is 75.5 cm³/mol. The fraction of sp³-hybridized carbons (Fsp3) is 0.571. The minimum absolute atomic E-state index is 0. The molecule has 1 aliphatic rings. The van der Waals surface area contributed by atoms with Crippen LogP contribution in [0.25, 0.3) is 0 Å². The first-order chi connectivity index (χ1) is 8.22. The fourth-order valence-electron chi connectivity index (χ4n) is 2.48. The molecule has 0 bridgehead atoms. The maximum Gasteiger partial charge on any atom is 0.119 e. The van der Waals surface area contributed by atoms with Crippen LogP contribution in [-0.4, -0.2) is 20.3 Å². The minimum Gasteiger partial charge on any atom is -0.497 e. The first kappa shape index (κ1) is 15.3. The van der Waals surface area contributed by atoms with Crippen molar-refractivity contribution >= 4 is 12.4 Å². The van der Waals surface area contributed by atoms with E-state index in [0.29, 0.717) is 5.92 Å². The molecule has 18 heavy (non-hydrogen) atoms. The topological polar surface area (TPSA) is 44.5 Å². The normalized spacial score (nSPS) is 17.9. The van der Waals surface area contributed by atoms with Gasteiger partial charge in [0.2, 0.25) is 0 Å². The number of rotatable bonds is 3. The Labute approximate surface area is 115 Å². The Bertz CT molecular complexity index is 378. The lowest BCUT2D eigenvalue weighted by atomic mass is 9.86. The van der Waals surface area contributed by atoms with Crippen molar-refractivity contribution in [3.63, 3.8) is 0 Å². The Balaban J connectivity index is 0.00000162. The van der Waals surface area contributed by atoms with E-state index in [1.165, 1.54) is 11.1 Å². The monoisotopic (exact) mass is 271 g/mol. The summed E-state index contributed by atoms with van der Waals surface area (Å²) < 4.78 is 10.6. The van der Waals surface area contributed by atoms with E-state index >= 15 is 0 Å². The first-order valence-corrected chi connectivity index (χ1v) is 6.20. The van der Waals surface area contributed by atoms with Gasteiger partial charge in [0.15, 0.2) is 0 Å². The Morgan fingerprint density at radius 1 is 1.33 bits per heavy atom. The molecule has 1 fully saturated rings. The lowest BCUT2D eigenvalue weighted by molar-refractivity contribution is 0.0583. The molecule has 2 rings (SSSR count). The molecule has 1 aromatic carbocycles. The molecule has 3 nitrogen and oxygen atoms in total. The van der Waals surface area contributed by atoms with Crippen molar-refractivity contribution < 1.29 is 9.47 Å². The van der Waals surface area contributed by atoms with E-state index in [4.69, 9.17) is 15.2 Å². The summed E-state index contributed by atoms with van der Waals surface area (Å²) in [6, 6.07) is 6.24. The number of halogens is 1. The molecule has 0 unspecified atom stereocenters. The molecule has 0 radical (unpaired) electrons. The molecular formula is C14H22ClNO2. The highest BCUT2D eigenvalue weighted by atomic mass is 35.5. The smallest absolute Gasteiger partial charge is 0.119 e. The standard InChI is InChI=1S/C14H21NO2.ClH/c1-10-9-12(16-2)3-4-13(10)14(15)11-5-7-17-8-6-11;/h3-4,9,11,14H,5-8,15H2,1-2H3;1H/t14-;/m0./s1. The van der Waals surface area contributed by atoms with Crippen LogP contribution in [0.4, 0.5) is 0 Å². The molecule has 1 aromatic rings. The molecule has 1 aliphatic heterocycles. The molecule has 4 heteroatoms. The summed E-state index contributed by atoms with van der Waals surface area (Å²) in [4.78, 5) is 0. The van der Waals surface area contributed by atoms with Crippen molar-refractivity contribution in [1.29, 1.82) is 0 Å². The minimum atomic E-state index is 0. The van der Waals surface area contributed by atoms with Gasteiger partial charge in [0.05, 0.1) is 7.11 Å². The molecule has 1 saturated heterocycles. The third-order valence-electron chi connectivity index (χ3n) is 3.61. The number of hydrogen-bond acceptors (Lipinski definition) is 3. The fourth-order valence-corrected chi connectivity index (χ4v) is 2.48. The largest absolute Gasteiger partial charge is 0.497 e. The van der Waals surface area contributed by atoms with Crippen LogP contribution in [0.15, 0.2) is 18.2 Å². The van der Waals surface area contributed by atoms with E-state index in [9.17, 15) is 0 Å². The van der Waals surface area contributed by atoms with Gasteiger partial charge in [0.25, 0.3) is 0 Å². The van der Waals surface area contributed by atoms with Crippen LogP contribution in [0.2, 0.25) is 0 Å². The average Bonchev–Trinajstić information content (AvgIpc) is 2.39. The van der Waals surface area contributed by atoms with Crippen molar-refractivity contribution in [1.82, 2.24) is 0 Å². The van der Waals surface area contributed by atoms with E-state index in [0.717, 1.165) is 31.8 Å². The third kappa shape index (κ3) is 3.37. The highest BCUT2D eigenvalue weighted by molar-refractivity contribution is 5.85. The van der Waals surface area contributed by atoms with Gasteiger partial charge in [0.1, 0.15) is 5.75 Å². The number of benzene rings is 1. The van der Waals surface area contributed by atoms with Crippen LogP contribution in [0.3, 0.4) is 0 Å². The van der Waals surface area contributed by atoms with Crippen molar-refractivity contribution in [2.45, 2.75) is 25.8 Å². The van der Waals surface area contributed by atoms with Crippen LogP contribution < -0.4 is 10.5 Å². The second-order valence-electron chi connectivity index (χ2n) is 4.70. The zero-order chi connectivity index (χ0) is 12.3. The molecule has 1 atom stereocenters. The van der Waals surface area contributed by atoms with E-state index in [1.807, 2.05) is 6.07 Å². The number of methoxy groups -OCH3 is 1. The summed E-state index contributed by atoms with van der Waals surface area (Å²) in [5.41, 5.74) is 8.81. The molecule has 2 N–H and O–H groups in total. The van der Waals surface area contributed by atoms with Gasteiger partial charge in [-0.3, -0.25) is 0 Å². The summed E-state index contributed by atoms with van der Waals surface area (Å²) in [7, 11) is 1.69. The Morgan fingerprint density at radius 3 is 2.56 bits per heavy atom. The molecule has 1 heterocycles. The molecule has 0 spiro atoms. The van der Waals surface area contributed by atoms with Crippen molar-refractivity contribution in [2.75, 3.05) is 20.3 Å². The number of hydrogen-bond donors (Lipinski definition) is 1. The predicted octanol–water partition coefficient (Wildman–Crippen LogP) is 2.85. The van der Waals surface area contributed by atoms with E-state index in [1.54, 1.807) is 7.11 Å². The SMILES string of the molecule is COc1ccc([C@@H](N)C2CCOCC2)c(C)c1.Cl. The van der Waals surface area contributed by atoms with E-state index in [2.05, 4.69) is 19.1 Å². The molecule has 0 aromatic heterocycles. The lowest BCUT2D eigenvalue weighted by Crippen LogP contribution is -2.27. The third-order valence-corrected chi connectivity index (χ3v) is 3.61. The highest BCUT2D eigenvalue weighted by Crippen LogP contribution is 2.31. The van der Waals surface area contributed by atoms with Crippen LogP contribution in [0, 0.1) is 12.8 Å². The second-order valence-corrected chi connectivity index (χ2v) is 4.70. The van der Waals surface area contributed by atoms with Crippen LogP contribution in [0.1, 0.15) is 30.0 Å².